The lowest BCUT2D eigenvalue weighted by molar-refractivity contribution is -0.147. The molecule has 0 bridgehead atoms. The van der Waals surface area contributed by atoms with Crippen molar-refractivity contribution in [1.82, 2.24) is 4.90 Å². The Hall–Kier alpha value is -1.56. The summed E-state index contributed by atoms with van der Waals surface area (Å²) in [5.41, 5.74) is 0.281. The topological polar surface area (TPSA) is 29.5 Å². The molecule has 20 heavy (non-hydrogen) atoms. The first-order valence-corrected chi connectivity index (χ1v) is 6.48. The van der Waals surface area contributed by atoms with E-state index in [-0.39, 0.29) is 5.56 Å². The van der Waals surface area contributed by atoms with E-state index in [0.717, 1.165) is 4.90 Å². The maximum absolute atomic E-state index is 12.7. The highest BCUT2D eigenvalue weighted by Gasteiger charge is 2.37. The summed E-state index contributed by atoms with van der Waals surface area (Å²) in [6.45, 7) is -0.437. The first kappa shape index (κ1) is 14.8. The van der Waals surface area contributed by atoms with Gasteiger partial charge in [-0.2, -0.15) is 13.2 Å². The van der Waals surface area contributed by atoms with Crippen molar-refractivity contribution in [3.05, 3.63) is 35.9 Å². The van der Waals surface area contributed by atoms with Crippen molar-refractivity contribution >= 4 is 5.91 Å². The van der Waals surface area contributed by atoms with Gasteiger partial charge >= 0.3 is 6.18 Å². The Balaban J connectivity index is 2.19. The van der Waals surface area contributed by atoms with E-state index in [9.17, 15) is 18.0 Å². The van der Waals surface area contributed by atoms with Crippen molar-refractivity contribution in [2.45, 2.75) is 25.1 Å². The van der Waals surface area contributed by atoms with Crippen LogP contribution in [0.5, 0.6) is 0 Å². The van der Waals surface area contributed by atoms with Crippen molar-refractivity contribution < 1.29 is 22.7 Å². The predicted octanol–water partition coefficient (Wildman–Crippen LogP) is 2.87. The lowest BCUT2D eigenvalue weighted by atomic mass is 10.1. The number of nitrogens with zero attached hydrogens (tertiary/aromatic N) is 1. The minimum absolute atomic E-state index is 0.281. The number of halogens is 3. The number of rotatable bonds is 3. The van der Waals surface area contributed by atoms with Gasteiger partial charge in [0.05, 0.1) is 0 Å². The van der Waals surface area contributed by atoms with Crippen LogP contribution < -0.4 is 0 Å². The van der Waals surface area contributed by atoms with Gasteiger partial charge in [-0.3, -0.25) is 4.79 Å². The minimum atomic E-state index is -4.40. The summed E-state index contributed by atoms with van der Waals surface area (Å²) in [6.07, 6.45) is -3.52. The second kappa shape index (κ2) is 6.26. The molecule has 0 aliphatic carbocycles. The maximum atomic E-state index is 12.7. The van der Waals surface area contributed by atoms with Gasteiger partial charge in [-0.15, -0.1) is 0 Å². The molecule has 1 fully saturated rings. The van der Waals surface area contributed by atoms with Crippen LogP contribution in [0.1, 0.15) is 23.2 Å². The maximum Gasteiger partial charge on any atom is 0.406 e. The number of carbonyl (C=O) groups excluding carboxylic acids is 1. The van der Waals surface area contributed by atoms with E-state index >= 15 is 0 Å². The Kier molecular flexibility index (Phi) is 4.65. The molecule has 1 heterocycles. The third-order valence-electron chi connectivity index (χ3n) is 3.26. The molecule has 110 valence electrons. The quantitative estimate of drug-likeness (QED) is 0.855. The Labute approximate surface area is 115 Å². The summed E-state index contributed by atoms with van der Waals surface area (Å²) in [4.78, 5) is 13.2. The molecule has 2 rings (SSSR count). The summed E-state index contributed by atoms with van der Waals surface area (Å²) < 4.78 is 43.3. The van der Waals surface area contributed by atoms with Crippen molar-refractivity contribution in [2.75, 3.05) is 19.8 Å². The monoisotopic (exact) mass is 287 g/mol. The molecule has 0 radical (unpaired) electrons. The smallest absolute Gasteiger partial charge is 0.381 e. The highest BCUT2D eigenvalue weighted by Crippen LogP contribution is 2.24. The van der Waals surface area contributed by atoms with E-state index in [0.29, 0.717) is 26.1 Å². The van der Waals surface area contributed by atoms with Crippen LogP contribution in [0.15, 0.2) is 30.3 Å². The van der Waals surface area contributed by atoms with Gasteiger partial charge in [0.1, 0.15) is 6.54 Å². The largest absolute Gasteiger partial charge is 0.406 e. The number of carbonyl (C=O) groups is 1. The molecule has 1 aromatic carbocycles. The van der Waals surface area contributed by atoms with Crippen molar-refractivity contribution in [1.29, 1.82) is 0 Å². The molecular weight excluding hydrogens is 271 g/mol. The second-order valence-corrected chi connectivity index (χ2v) is 4.76. The number of amides is 1. The number of alkyl halides is 3. The average molecular weight is 287 g/mol. The molecule has 0 unspecified atom stereocenters. The van der Waals surface area contributed by atoms with E-state index in [4.69, 9.17) is 4.74 Å². The van der Waals surface area contributed by atoms with Gasteiger partial charge in [0.25, 0.3) is 5.91 Å². The van der Waals surface area contributed by atoms with Gasteiger partial charge in [-0.25, -0.2) is 0 Å². The zero-order valence-corrected chi connectivity index (χ0v) is 10.9. The summed E-state index contributed by atoms with van der Waals surface area (Å²) in [5.74, 6) is -0.574. The van der Waals surface area contributed by atoms with Crippen LogP contribution in [0.3, 0.4) is 0 Å². The predicted molar refractivity (Wildman–Crippen MR) is 67.4 cm³/mol. The van der Waals surface area contributed by atoms with Gasteiger partial charge in [-0.1, -0.05) is 18.2 Å². The lowest BCUT2D eigenvalue weighted by Gasteiger charge is -2.34. The first-order chi connectivity index (χ1) is 9.47. The Morgan fingerprint density at radius 2 is 1.80 bits per heavy atom. The van der Waals surface area contributed by atoms with Crippen LogP contribution in [-0.2, 0) is 4.74 Å². The molecule has 0 N–H and O–H groups in total. The normalized spacial score (nSPS) is 16.9. The van der Waals surface area contributed by atoms with Gasteiger partial charge in [0.2, 0.25) is 0 Å². The van der Waals surface area contributed by atoms with Crippen LogP contribution in [0.2, 0.25) is 0 Å². The van der Waals surface area contributed by atoms with E-state index in [1.165, 1.54) is 12.1 Å². The van der Waals surface area contributed by atoms with Crippen LogP contribution in [0, 0.1) is 0 Å². The molecule has 0 atom stereocenters. The Bertz CT molecular complexity index is 441. The van der Waals surface area contributed by atoms with Crippen LogP contribution in [0.4, 0.5) is 13.2 Å². The number of hydrogen-bond donors (Lipinski definition) is 0. The molecule has 0 saturated carbocycles. The molecule has 3 nitrogen and oxygen atoms in total. The molecule has 6 heteroatoms. The van der Waals surface area contributed by atoms with E-state index in [1.54, 1.807) is 18.2 Å². The zero-order chi connectivity index (χ0) is 14.6. The standard InChI is InChI=1S/C14H16F3NO2/c15-14(16,17)10-18(12-6-8-20-9-7-12)13(19)11-4-2-1-3-5-11/h1-5,12H,6-10H2. The average Bonchev–Trinajstić information content (AvgIpc) is 2.45. The molecular formula is C14H16F3NO2. The van der Waals surface area contributed by atoms with E-state index in [2.05, 4.69) is 0 Å². The molecule has 0 spiro atoms. The van der Waals surface area contributed by atoms with E-state index in [1.807, 2.05) is 0 Å². The summed E-state index contributed by atoms with van der Waals surface area (Å²) in [6, 6.07) is 7.65. The van der Waals surface area contributed by atoms with Gasteiger partial charge in [0, 0.05) is 24.8 Å². The highest BCUT2D eigenvalue weighted by molar-refractivity contribution is 5.94. The van der Waals surface area contributed by atoms with Crippen molar-refractivity contribution in [3.8, 4) is 0 Å². The summed E-state index contributed by atoms with van der Waals surface area (Å²) in [7, 11) is 0. The van der Waals surface area contributed by atoms with Crippen LogP contribution >= 0.6 is 0 Å². The highest BCUT2D eigenvalue weighted by atomic mass is 19.4. The molecule has 1 aliphatic heterocycles. The number of ether oxygens (including phenoxy) is 1. The van der Waals surface area contributed by atoms with Crippen LogP contribution in [0.25, 0.3) is 0 Å². The Morgan fingerprint density at radius 3 is 2.35 bits per heavy atom. The lowest BCUT2D eigenvalue weighted by Crippen LogP contribution is -2.47. The van der Waals surface area contributed by atoms with Gasteiger partial charge in [-0.05, 0) is 25.0 Å². The molecule has 1 aliphatic rings. The minimum Gasteiger partial charge on any atom is -0.381 e. The van der Waals surface area contributed by atoms with Gasteiger partial charge in [0.15, 0.2) is 0 Å². The van der Waals surface area contributed by atoms with Crippen LogP contribution in [-0.4, -0.2) is 42.8 Å². The van der Waals surface area contributed by atoms with E-state index < -0.39 is 24.7 Å². The Morgan fingerprint density at radius 1 is 1.20 bits per heavy atom. The zero-order valence-electron chi connectivity index (χ0n) is 10.9. The number of hydrogen-bond acceptors (Lipinski definition) is 2. The fourth-order valence-electron chi connectivity index (χ4n) is 2.30. The fourth-order valence-corrected chi connectivity index (χ4v) is 2.30. The third kappa shape index (κ3) is 3.96. The molecule has 0 aromatic heterocycles. The SMILES string of the molecule is O=C(c1ccccc1)N(CC(F)(F)F)C1CCOCC1. The van der Waals surface area contributed by atoms with Gasteiger partial charge < -0.3 is 9.64 Å². The molecule has 1 amide bonds. The third-order valence-corrected chi connectivity index (χ3v) is 3.26. The summed E-state index contributed by atoms with van der Waals surface area (Å²) in [5, 5.41) is 0. The second-order valence-electron chi connectivity index (χ2n) is 4.76. The molecule has 1 saturated heterocycles. The first-order valence-electron chi connectivity index (χ1n) is 6.48. The summed E-state index contributed by atoms with van der Waals surface area (Å²) >= 11 is 0. The fraction of sp³-hybridized carbons (Fsp3) is 0.500. The number of benzene rings is 1. The van der Waals surface area contributed by atoms with Crippen molar-refractivity contribution in [2.24, 2.45) is 0 Å². The van der Waals surface area contributed by atoms with Crippen molar-refractivity contribution in [3.63, 3.8) is 0 Å². The molecule has 1 aromatic rings.